The molecule has 0 atom stereocenters. The molecule has 4 rings (SSSR count). The summed E-state index contributed by atoms with van der Waals surface area (Å²) in [4.78, 5) is 37.7. The van der Waals surface area contributed by atoms with Crippen molar-refractivity contribution in [3.8, 4) is 17.4 Å². The number of thioether (sulfide) groups is 1. The number of furan rings is 1. The van der Waals surface area contributed by atoms with E-state index in [9.17, 15) is 24.8 Å². The van der Waals surface area contributed by atoms with E-state index in [4.69, 9.17) is 16.0 Å². The van der Waals surface area contributed by atoms with Crippen LogP contribution in [0.25, 0.3) is 17.4 Å². The zero-order chi connectivity index (χ0) is 22.8. The van der Waals surface area contributed by atoms with Gasteiger partial charge in [-0.05, 0) is 53.7 Å². The number of nitriles is 1. The third-order valence-electron chi connectivity index (χ3n) is 4.72. The molecule has 158 valence electrons. The van der Waals surface area contributed by atoms with Gasteiger partial charge < -0.3 is 9.52 Å². The SMILES string of the molecule is N#Cc1ccccc1CN1C(=O)S/C(=C\c2ccc(-c3ccc(Cl)c(C(=O)O)c3)o2)C1=O. The van der Waals surface area contributed by atoms with Crippen molar-refractivity contribution in [3.63, 3.8) is 0 Å². The summed E-state index contributed by atoms with van der Waals surface area (Å²) in [6.07, 6.45) is 1.46. The molecule has 0 aliphatic carbocycles. The maximum atomic E-state index is 12.8. The fourth-order valence-corrected chi connectivity index (χ4v) is 4.15. The van der Waals surface area contributed by atoms with Crippen molar-refractivity contribution in [2.75, 3.05) is 0 Å². The molecule has 0 radical (unpaired) electrons. The van der Waals surface area contributed by atoms with E-state index in [2.05, 4.69) is 6.07 Å². The molecule has 1 fully saturated rings. The number of benzene rings is 2. The molecule has 1 aliphatic heterocycles. The van der Waals surface area contributed by atoms with Gasteiger partial charge in [-0.25, -0.2) is 4.79 Å². The highest BCUT2D eigenvalue weighted by Gasteiger charge is 2.35. The predicted molar refractivity (Wildman–Crippen MR) is 119 cm³/mol. The van der Waals surface area contributed by atoms with Crippen molar-refractivity contribution in [2.45, 2.75) is 6.54 Å². The number of hydrogen-bond acceptors (Lipinski definition) is 6. The van der Waals surface area contributed by atoms with Gasteiger partial charge in [0.15, 0.2) is 0 Å². The second-order valence-corrected chi connectivity index (χ2v) is 8.14. The molecule has 1 aromatic heterocycles. The molecule has 3 aromatic rings. The number of carbonyl (C=O) groups excluding carboxylic acids is 2. The van der Waals surface area contributed by atoms with Crippen LogP contribution < -0.4 is 0 Å². The quantitative estimate of drug-likeness (QED) is 0.502. The topological polar surface area (TPSA) is 112 Å². The van der Waals surface area contributed by atoms with Crippen LogP contribution in [-0.2, 0) is 11.3 Å². The van der Waals surface area contributed by atoms with E-state index >= 15 is 0 Å². The van der Waals surface area contributed by atoms with Gasteiger partial charge in [0.25, 0.3) is 11.1 Å². The minimum Gasteiger partial charge on any atom is -0.478 e. The molecule has 32 heavy (non-hydrogen) atoms. The van der Waals surface area contributed by atoms with Crippen LogP contribution in [0.4, 0.5) is 4.79 Å². The van der Waals surface area contributed by atoms with Gasteiger partial charge in [-0.1, -0.05) is 29.8 Å². The second-order valence-electron chi connectivity index (χ2n) is 6.74. The lowest BCUT2D eigenvalue weighted by atomic mass is 10.1. The van der Waals surface area contributed by atoms with Crippen molar-refractivity contribution in [1.29, 1.82) is 5.26 Å². The smallest absolute Gasteiger partial charge is 0.337 e. The van der Waals surface area contributed by atoms with Crippen molar-refractivity contribution in [1.82, 2.24) is 4.90 Å². The number of nitrogens with zero attached hydrogens (tertiary/aromatic N) is 2. The van der Waals surface area contributed by atoms with E-state index in [-0.39, 0.29) is 22.0 Å². The van der Waals surface area contributed by atoms with Crippen LogP contribution in [0.15, 0.2) is 63.9 Å². The normalized spacial score (nSPS) is 14.8. The maximum Gasteiger partial charge on any atom is 0.337 e. The lowest BCUT2D eigenvalue weighted by molar-refractivity contribution is -0.123. The van der Waals surface area contributed by atoms with E-state index in [0.29, 0.717) is 28.2 Å². The van der Waals surface area contributed by atoms with E-state index in [1.807, 2.05) is 0 Å². The Morgan fingerprint density at radius 2 is 1.97 bits per heavy atom. The fourth-order valence-electron chi connectivity index (χ4n) is 3.13. The van der Waals surface area contributed by atoms with Crippen LogP contribution >= 0.6 is 23.4 Å². The monoisotopic (exact) mass is 464 g/mol. The zero-order valence-corrected chi connectivity index (χ0v) is 17.8. The first kappa shape index (κ1) is 21.4. The van der Waals surface area contributed by atoms with Gasteiger partial charge in [-0.15, -0.1) is 0 Å². The van der Waals surface area contributed by atoms with Gasteiger partial charge in [0, 0.05) is 11.6 Å². The number of halogens is 1. The average molecular weight is 465 g/mol. The van der Waals surface area contributed by atoms with Crippen LogP contribution in [0.2, 0.25) is 5.02 Å². The summed E-state index contributed by atoms with van der Waals surface area (Å²) in [6.45, 7) is -0.00210. The summed E-state index contributed by atoms with van der Waals surface area (Å²) in [7, 11) is 0. The Morgan fingerprint density at radius 3 is 2.72 bits per heavy atom. The number of imide groups is 1. The van der Waals surface area contributed by atoms with Gasteiger partial charge in [0.05, 0.1) is 33.7 Å². The first-order chi connectivity index (χ1) is 15.4. The molecule has 7 nitrogen and oxygen atoms in total. The molecule has 1 saturated heterocycles. The Bertz CT molecular complexity index is 1340. The number of aromatic carboxylic acids is 1. The van der Waals surface area contributed by atoms with Crippen LogP contribution in [0.5, 0.6) is 0 Å². The summed E-state index contributed by atoms with van der Waals surface area (Å²) in [5.74, 6) is -0.923. The van der Waals surface area contributed by atoms with E-state index in [1.54, 1.807) is 42.5 Å². The number of carbonyl (C=O) groups is 3. The van der Waals surface area contributed by atoms with Gasteiger partial charge in [-0.3, -0.25) is 14.5 Å². The summed E-state index contributed by atoms with van der Waals surface area (Å²) >= 11 is 6.69. The zero-order valence-electron chi connectivity index (χ0n) is 16.2. The average Bonchev–Trinajstić information content (AvgIpc) is 3.34. The van der Waals surface area contributed by atoms with Crippen molar-refractivity contribution in [3.05, 3.63) is 87.0 Å². The molecular weight excluding hydrogens is 452 g/mol. The van der Waals surface area contributed by atoms with Crippen LogP contribution in [-0.4, -0.2) is 27.1 Å². The number of carboxylic acid groups (broad SMARTS) is 1. The van der Waals surface area contributed by atoms with Crippen molar-refractivity contribution < 1.29 is 23.9 Å². The number of rotatable bonds is 5. The van der Waals surface area contributed by atoms with E-state index in [1.165, 1.54) is 18.2 Å². The fraction of sp³-hybridized carbons (Fsp3) is 0.0435. The number of hydrogen-bond donors (Lipinski definition) is 1. The van der Waals surface area contributed by atoms with Gasteiger partial charge in [-0.2, -0.15) is 5.26 Å². The number of amides is 2. The summed E-state index contributed by atoms with van der Waals surface area (Å²) in [5, 5.41) is 18.1. The van der Waals surface area contributed by atoms with Crippen molar-refractivity contribution in [2.24, 2.45) is 0 Å². The van der Waals surface area contributed by atoms with Crippen molar-refractivity contribution >= 4 is 46.6 Å². The highest BCUT2D eigenvalue weighted by molar-refractivity contribution is 8.18. The Balaban J connectivity index is 1.57. The number of carboxylic acids is 1. The first-order valence-corrected chi connectivity index (χ1v) is 10.4. The highest BCUT2D eigenvalue weighted by Crippen LogP contribution is 2.35. The molecule has 0 spiro atoms. The maximum absolute atomic E-state index is 12.8. The lowest BCUT2D eigenvalue weighted by Gasteiger charge is -2.13. The molecule has 0 unspecified atom stereocenters. The summed E-state index contributed by atoms with van der Waals surface area (Å²) < 4.78 is 5.73. The van der Waals surface area contributed by atoms with Gasteiger partial charge in [0.2, 0.25) is 0 Å². The van der Waals surface area contributed by atoms with Gasteiger partial charge in [0.1, 0.15) is 11.5 Å². The predicted octanol–water partition coefficient (Wildman–Crippen LogP) is 5.41. The molecule has 0 saturated carbocycles. The van der Waals surface area contributed by atoms with Gasteiger partial charge >= 0.3 is 5.97 Å². The molecule has 2 amide bonds. The van der Waals surface area contributed by atoms with Crippen LogP contribution in [0.3, 0.4) is 0 Å². The molecule has 2 heterocycles. The third kappa shape index (κ3) is 4.17. The highest BCUT2D eigenvalue weighted by atomic mass is 35.5. The van der Waals surface area contributed by atoms with Crippen LogP contribution in [0.1, 0.15) is 27.2 Å². The Morgan fingerprint density at radius 1 is 1.19 bits per heavy atom. The summed E-state index contributed by atoms with van der Waals surface area (Å²) in [5.41, 5.74) is 1.43. The molecule has 0 bridgehead atoms. The first-order valence-electron chi connectivity index (χ1n) is 9.24. The van der Waals surface area contributed by atoms with E-state index in [0.717, 1.165) is 16.7 Å². The Labute approximate surface area is 191 Å². The minimum absolute atomic E-state index is 0.00210. The summed E-state index contributed by atoms with van der Waals surface area (Å²) in [6, 6.07) is 16.6. The lowest BCUT2D eigenvalue weighted by Crippen LogP contribution is -2.27. The van der Waals surface area contributed by atoms with Crippen LogP contribution in [0, 0.1) is 11.3 Å². The standard InChI is InChI=1S/C23H13ClN2O5S/c24-18-7-5-13(9-17(18)22(28)29)19-8-6-16(31-19)10-20-21(27)26(23(30)32-20)12-15-4-2-1-3-14(15)11-25/h1-10H,12H2,(H,28,29)/b20-10-. The molecular formula is C23H13ClN2O5S. The minimum atomic E-state index is -1.16. The molecule has 9 heteroatoms. The Kier molecular flexibility index (Phi) is 5.86. The molecule has 2 aromatic carbocycles. The molecule has 1 N–H and O–H groups in total. The Hall–Kier alpha value is -3.80. The van der Waals surface area contributed by atoms with E-state index < -0.39 is 17.1 Å². The third-order valence-corrected chi connectivity index (χ3v) is 5.96. The second kappa shape index (κ2) is 8.75. The molecule has 1 aliphatic rings. The largest absolute Gasteiger partial charge is 0.478 e.